The minimum atomic E-state index is -1.05. The highest BCUT2D eigenvalue weighted by molar-refractivity contribution is 6.08. The van der Waals surface area contributed by atoms with E-state index in [1.807, 2.05) is 17.7 Å². The number of anilines is 2. The number of benzene rings is 2. The molecule has 0 aliphatic rings. The van der Waals surface area contributed by atoms with Crippen LogP contribution in [0.1, 0.15) is 29.4 Å². The predicted octanol–water partition coefficient (Wildman–Crippen LogP) is 5.04. The molecule has 0 aliphatic heterocycles. The normalized spacial score (nSPS) is 10.9. The summed E-state index contributed by atoms with van der Waals surface area (Å²) in [6.45, 7) is 4.61. The van der Waals surface area contributed by atoms with Crippen LogP contribution in [0.4, 0.5) is 20.6 Å². The Kier molecular flexibility index (Phi) is 6.22. The predicted molar refractivity (Wildman–Crippen MR) is 127 cm³/mol. The number of halogens is 1. The number of urea groups is 1. The van der Waals surface area contributed by atoms with Crippen LogP contribution in [0.15, 0.2) is 48.8 Å². The quantitative estimate of drug-likeness (QED) is 0.354. The van der Waals surface area contributed by atoms with Crippen LogP contribution in [0.5, 0.6) is 5.75 Å². The van der Waals surface area contributed by atoms with Crippen LogP contribution in [-0.4, -0.2) is 38.6 Å². The van der Waals surface area contributed by atoms with Crippen molar-refractivity contribution in [2.24, 2.45) is 0 Å². The first-order valence-corrected chi connectivity index (χ1v) is 10.6. The molecule has 0 radical (unpaired) electrons. The van der Waals surface area contributed by atoms with Crippen molar-refractivity contribution in [3.05, 3.63) is 65.9 Å². The summed E-state index contributed by atoms with van der Waals surface area (Å²) in [6, 6.07) is 8.18. The standard InChI is InChI=1S/C24H24FN5O4/c1-4-9-29-13-17(12-26-29)30-14(2)22(18-10-21(34-3)19(25)11-20(18)30)28-24(33)27-16-7-5-15(6-8-16)23(31)32/h5-8,10-13H,4,9H2,1-3H3,(H,31,32)(H2,27,28,33). The summed E-state index contributed by atoms with van der Waals surface area (Å²) >= 11 is 0. The Morgan fingerprint density at radius 1 is 1.18 bits per heavy atom. The molecule has 2 heterocycles. The van der Waals surface area contributed by atoms with Crippen LogP contribution in [-0.2, 0) is 6.54 Å². The van der Waals surface area contributed by atoms with Gasteiger partial charge in [0, 0.05) is 35.6 Å². The molecule has 34 heavy (non-hydrogen) atoms. The summed E-state index contributed by atoms with van der Waals surface area (Å²) < 4.78 is 23.4. The smallest absolute Gasteiger partial charge is 0.335 e. The third kappa shape index (κ3) is 4.29. The number of nitrogens with zero attached hydrogens (tertiary/aromatic N) is 3. The molecule has 4 rings (SSSR count). The van der Waals surface area contributed by atoms with Crippen molar-refractivity contribution >= 4 is 34.3 Å². The fourth-order valence-corrected chi connectivity index (χ4v) is 3.85. The molecule has 0 fully saturated rings. The number of carbonyl (C=O) groups excluding carboxylic acids is 1. The fraction of sp³-hybridized carbons (Fsp3) is 0.208. The van der Waals surface area contributed by atoms with E-state index in [2.05, 4.69) is 22.7 Å². The maximum Gasteiger partial charge on any atom is 0.335 e. The number of carboxylic acid groups (broad SMARTS) is 1. The molecule has 0 aliphatic carbocycles. The minimum Gasteiger partial charge on any atom is -0.494 e. The number of hydrogen-bond donors (Lipinski definition) is 3. The van der Waals surface area contributed by atoms with Crippen molar-refractivity contribution in [3.63, 3.8) is 0 Å². The number of ether oxygens (including phenoxy) is 1. The van der Waals surface area contributed by atoms with Gasteiger partial charge in [0.15, 0.2) is 11.6 Å². The molecule has 4 aromatic rings. The number of aryl methyl sites for hydroxylation is 1. The number of aromatic carboxylic acids is 1. The van der Waals surface area contributed by atoms with Gasteiger partial charge in [-0.2, -0.15) is 5.10 Å². The molecular weight excluding hydrogens is 441 g/mol. The van der Waals surface area contributed by atoms with Crippen LogP contribution in [0, 0.1) is 12.7 Å². The zero-order valence-corrected chi connectivity index (χ0v) is 18.9. The van der Waals surface area contributed by atoms with Gasteiger partial charge in [-0.25, -0.2) is 14.0 Å². The van der Waals surface area contributed by atoms with Crippen molar-refractivity contribution in [1.29, 1.82) is 0 Å². The van der Waals surface area contributed by atoms with Crippen molar-refractivity contribution in [2.45, 2.75) is 26.8 Å². The van der Waals surface area contributed by atoms with Crippen molar-refractivity contribution in [3.8, 4) is 11.4 Å². The molecule has 2 aromatic heterocycles. The summed E-state index contributed by atoms with van der Waals surface area (Å²) in [5.74, 6) is -1.52. The van der Waals surface area contributed by atoms with Gasteiger partial charge in [-0.1, -0.05) is 6.92 Å². The van der Waals surface area contributed by atoms with Crippen LogP contribution in [0.2, 0.25) is 0 Å². The van der Waals surface area contributed by atoms with E-state index in [1.165, 1.54) is 37.4 Å². The second-order valence-electron chi connectivity index (χ2n) is 7.72. The van der Waals surface area contributed by atoms with Gasteiger partial charge in [-0.3, -0.25) is 4.68 Å². The summed E-state index contributed by atoms with van der Waals surface area (Å²) in [7, 11) is 1.38. The third-order valence-electron chi connectivity index (χ3n) is 5.44. The lowest BCUT2D eigenvalue weighted by Crippen LogP contribution is -2.20. The first-order chi connectivity index (χ1) is 16.3. The first kappa shape index (κ1) is 22.8. The van der Waals surface area contributed by atoms with Crippen LogP contribution < -0.4 is 15.4 Å². The number of hydrogen-bond acceptors (Lipinski definition) is 4. The fourth-order valence-electron chi connectivity index (χ4n) is 3.85. The van der Waals surface area contributed by atoms with E-state index in [4.69, 9.17) is 9.84 Å². The molecule has 10 heteroatoms. The Labute approximate surface area is 194 Å². The molecule has 2 aromatic carbocycles. The van der Waals surface area contributed by atoms with E-state index < -0.39 is 17.8 Å². The molecule has 0 saturated heterocycles. The number of carbonyl (C=O) groups is 2. The minimum absolute atomic E-state index is 0.0547. The topological polar surface area (TPSA) is 110 Å². The maximum absolute atomic E-state index is 14.6. The Morgan fingerprint density at radius 3 is 2.56 bits per heavy atom. The monoisotopic (exact) mass is 465 g/mol. The SMILES string of the molecule is CCCn1cc(-n2c(C)c(NC(=O)Nc3ccc(C(=O)O)cc3)c3cc(OC)c(F)cc32)cn1. The second-order valence-corrected chi connectivity index (χ2v) is 7.72. The molecule has 176 valence electrons. The second kappa shape index (κ2) is 9.26. The van der Waals surface area contributed by atoms with Crippen molar-refractivity contribution in [1.82, 2.24) is 14.3 Å². The lowest BCUT2D eigenvalue weighted by molar-refractivity contribution is 0.0697. The Hall–Kier alpha value is -4.34. The zero-order valence-electron chi connectivity index (χ0n) is 18.9. The average Bonchev–Trinajstić information content (AvgIpc) is 3.36. The number of methoxy groups -OCH3 is 1. The molecule has 0 spiro atoms. The highest BCUT2D eigenvalue weighted by atomic mass is 19.1. The summed E-state index contributed by atoms with van der Waals surface area (Å²) in [4.78, 5) is 23.8. The van der Waals surface area contributed by atoms with Crippen molar-refractivity contribution < 1.29 is 23.8 Å². The molecule has 0 atom stereocenters. The maximum atomic E-state index is 14.6. The summed E-state index contributed by atoms with van der Waals surface area (Å²) in [6.07, 6.45) is 4.48. The van der Waals surface area contributed by atoms with E-state index in [0.29, 0.717) is 28.0 Å². The lowest BCUT2D eigenvalue weighted by atomic mass is 10.2. The third-order valence-corrected chi connectivity index (χ3v) is 5.44. The number of nitrogens with one attached hydrogen (secondary N) is 2. The Morgan fingerprint density at radius 2 is 1.91 bits per heavy atom. The van der Waals surface area contributed by atoms with Gasteiger partial charge in [0.2, 0.25) is 0 Å². The van der Waals surface area contributed by atoms with Gasteiger partial charge < -0.3 is 25.0 Å². The van der Waals surface area contributed by atoms with Gasteiger partial charge in [-0.05, 0) is 43.7 Å². The first-order valence-electron chi connectivity index (χ1n) is 10.6. The number of fused-ring (bicyclic) bond motifs is 1. The van der Waals surface area contributed by atoms with E-state index in [0.717, 1.165) is 18.7 Å². The molecular formula is C24H24FN5O4. The molecule has 9 nitrogen and oxygen atoms in total. The zero-order chi connectivity index (χ0) is 24.4. The number of amides is 2. The lowest BCUT2D eigenvalue weighted by Gasteiger charge is -2.09. The van der Waals surface area contributed by atoms with E-state index in [9.17, 15) is 14.0 Å². The number of carboxylic acids is 1. The van der Waals surface area contributed by atoms with Gasteiger partial charge in [0.05, 0.1) is 35.8 Å². The molecule has 2 amide bonds. The van der Waals surface area contributed by atoms with Crippen LogP contribution >= 0.6 is 0 Å². The molecule has 0 bridgehead atoms. The Bertz CT molecular complexity index is 1370. The van der Waals surface area contributed by atoms with Crippen molar-refractivity contribution in [2.75, 3.05) is 17.7 Å². The van der Waals surface area contributed by atoms with Gasteiger partial charge in [-0.15, -0.1) is 0 Å². The largest absolute Gasteiger partial charge is 0.494 e. The van der Waals surface area contributed by atoms with Gasteiger partial charge in [0.25, 0.3) is 0 Å². The highest BCUT2D eigenvalue weighted by Crippen LogP contribution is 2.37. The van der Waals surface area contributed by atoms with E-state index >= 15 is 0 Å². The molecule has 3 N–H and O–H groups in total. The summed E-state index contributed by atoms with van der Waals surface area (Å²) in [5.41, 5.74) is 2.98. The average molecular weight is 465 g/mol. The Balaban J connectivity index is 1.73. The van der Waals surface area contributed by atoms with E-state index in [-0.39, 0.29) is 11.3 Å². The van der Waals surface area contributed by atoms with Crippen LogP contribution in [0.3, 0.4) is 0 Å². The number of aromatic nitrogens is 3. The van der Waals surface area contributed by atoms with Crippen LogP contribution in [0.25, 0.3) is 16.6 Å². The summed E-state index contributed by atoms with van der Waals surface area (Å²) in [5, 5.41) is 19.5. The van der Waals surface area contributed by atoms with Gasteiger partial charge >= 0.3 is 12.0 Å². The van der Waals surface area contributed by atoms with Gasteiger partial charge in [0.1, 0.15) is 0 Å². The number of rotatable bonds is 7. The highest BCUT2D eigenvalue weighted by Gasteiger charge is 2.21. The molecule has 0 saturated carbocycles. The van der Waals surface area contributed by atoms with E-state index in [1.54, 1.807) is 16.9 Å². The molecule has 0 unspecified atom stereocenters.